The van der Waals surface area contributed by atoms with Gasteiger partial charge in [-0.3, -0.25) is 9.69 Å². The van der Waals surface area contributed by atoms with E-state index in [0.29, 0.717) is 24.7 Å². The molecule has 1 aliphatic heterocycles. The molecule has 0 aromatic heterocycles. The van der Waals surface area contributed by atoms with E-state index in [1.54, 1.807) is 30.4 Å². The van der Waals surface area contributed by atoms with Crippen LogP contribution in [0.15, 0.2) is 66.9 Å². The minimum atomic E-state index is -0.434. The Morgan fingerprint density at radius 1 is 1.07 bits per heavy atom. The second-order valence-corrected chi connectivity index (χ2v) is 6.10. The second kappa shape index (κ2) is 8.90. The van der Waals surface area contributed by atoms with E-state index in [1.807, 2.05) is 37.3 Å². The maximum Gasteiger partial charge on any atom is 0.329 e. The number of nitrogens with zero attached hydrogens (tertiary/aromatic N) is 1. The van der Waals surface area contributed by atoms with Crippen molar-refractivity contribution >= 4 is 18.0 Å². The number of hydrogen-bond acceptors (Lipinski definition) is 4. The van der Waals surface area contributed by atoms with Crippen molar-refractivity contribution in [1.82, 2.24) is 10.2 Å². The van der Waals surface area contributed by atoms with Crippen molar-refractivity contribution in [3.8, 4) is 11.5 Å². The third-order valence-electron chi connectivity index (χ3n) is 4.08. The summed E-state index contributed by atoms with van der Waals surface area (Å²) in [6, 6.07) is 14.3. The van der Waals surface area contributed by atoms with Gasteiger partial charge >= 0.3 is 6.03 Å². The number of rotatable bonds is 8. The maximum absolute atomic E-state index is 12.7. The largest absolute Gasteiger partial charge is 0.490 e. The molecule has 1 saturated heterocycles. The minimum absolute atomic E-state index is 0.224. The quantitative estimate of drug-likeness (QED) is 0.432. The summed E-state index contributed by atoms with van der Waals surface area (Å²) < 4.78 is 11.2. The summed E-state index contributed by atoms with van der Waals surface area (Å²) in [5.41, 5.74) is 1.83. The molecule has 28 heavy (non-hydrogen) atoms. The van der Waals surface area contributed by atoms with Gasteiger partial charge in [-0.2, -0.15) is 0 Å². The Bertz CT molecular complexity index is 906. The molecule has 144 valence electrons. The topological polar surface area (TPSA) is 67.9 Å². The molecular weight excluding hydrogens is 356 g/mol. The number of nitrogens with one attached hydrogen (secondary N) is 1. The first-order valence-corrected chi connectivity index (χ1v) is 9.01. The van der Waals surface area contributed by atoms with Crippen LogP contribution in [-0.2, 0) is 11.3 Å². The Labute approximate surface area is 164 Å². The summed E-state index contributed by atoms with van der Waals surface area (Å²) in [5.74, 6) is 0.798. The Balaban J connectivity index is 1.81. The highest BCUT2D eigenvalue weighted by atomic mass is 16.5. The van der Waals surface area contributed by atoms with Crippen molar-refractivity contribution in [3.63, 3.8) is 0 Å². The smallest absolute Gasteiger partial charge is 0.329 e. The summed E-state index contributed by atoms with van der Waals surface area (Å²) >= 11 is 0. The molecule has 0 saturated carbocycles. The monoisotopic (exact) mass is 378 g/mol. The molecule has 1 fully saturated rings. The fourth-order valence-corrected chi connectivity index (χ4v) is 2.80. The average Bonchev–Trinajstić information content (AvgIpc) is 2.96. The molecule has 3 rings (SSSR count). The Morgan fingerprint density at radius 3 is 2.57 bits per heavy atom. The van der Waals surface area contributed by atoms with Crippen LogP contribution in [0.3, 0.4) is 0 Å². The van der Waals surface area contributed by atoms with E-state index < -0.39 is 6.03 Å². The highest BCUT2D eigenvalue weighted by molar-refractivity contribution is 6.13. The van der Waals surface area contributed by atoms with Crippen molar-refractivity contribution in [2.45, 2.75) is 13.5 Å². The molecule has 0 bridgehead atoms. The Morgan fingerprint density at radius 2 is 1.86 bits per heavy atom. The zero-order valence-corrected chi connectivity index (χ0v) is 15.7. The van der Waals surface area contributed by atoms with Crippen molar-refractivity contribution in [2.75, 3.05) is 13.2 Å². The highest BCUT2D eigenvalue weighted by Crippen LogP contribution is 2.30. The number of hydrogen-bond donors (Lipinski definition) is 1. The summed E-state index contributed by atoms with van der Waals surface area (Å²) in [4.78, 5) is 26.1. The van der Waals surface area contributed by atoms with Crippen LogP contribution in [0.1, 0.15) is 18.1 Å². The maximum atomic E-state index is 12.7. The third-order valence-corrected chi connectivity index (χ3v) is 4.08. The Hall–Kier alpha value is -3.54. The van der Waals surface area contributed by atoms with E-state index in [-0.39, 0.29) is 18.1 Å². The molecular formula is C22H22N2O4. The number of carbonyl (C=O) groups is 2. The van der Waals surface area contributed by atoms with Crippen LogP contribution in [-0.4, -0.2) is 30.1 Å². The predicted octanol–water partition coefficient (Wildman–Crippen LogP) is 3.74. The fraction of sp³-hybridized carbons (Fsp3) is 0.182. The summed E-state index contributed by atoms with van der Waals surface area (Å²) in [5, 5.41) is 2.64. The van der Waals surface area contributed by atoms with Gasteiger partial charge in [0.15, 0.2) is 11.5 Å². The van der Waals surface area contributed by atoms with Gasteiger partial charge in [0.25, 0.3) is 5.91 Å². The van der Waals surface area contributed by atoms with Gasteiger partial charge in [-0.05, 0) is 36.3 Å². The van der Waals surface area contributed by atoms with Gasteiger partial charge in [0, 0.05) is 0 Å². The number of urea groups is 1. The van der Waals surface area contributed by atoms with Gasteiger partial charge in [-0.1, -0.05) is 49.1 Å². The lowest BCUT2D eigenvalue weighted by atomic mass is 10.1. The van der Waals surface area contributed by atoms with Gasteiger partial charge in [-0.15, -0.1) is 0 Å². The van der Waals surface area contributed by atoms with E-state index in [4.69, 9.17) is 9.47 Å². The Kier molecular flexibility index (Phi) is 6.11. The minimum Gasteiger partial charge on any atom is -0.490 e. The lowest BCUT2D eigenvalue weighted by Crippen LogP contribution is -2.30. The van der Waals surface area contributed by atoms with Crippen LogP contribution >= 0.6 is 0 Å². The van der Waals surface area contributed by atoms with E-state index >= 15 is 0 Å². The van der Waals surface area contributed by atoms with Gasteiger partial charge in [0.2, 0.25) is 0 Å². The number of amides is 3. The first-order chi connectivity index (χ1) is 13.6. The molecule has 0 aliphatic carbocycles. The zero-order valence-electron chi connectivity index (χ0n) is 15.7. The van der Waals surface area contributed by atoms with E-state index in [1.165, 1.54) is 4.90 Å². The first-order valence-electron chi connectivity index (χ1n) is 9.01. The lowest BCUT2D eigenvalue weighted by molar-refractivity contribution is -0.123. The molecule has 2 aromatic carbocycles. The van der Waals surface area contributed by atoms with E-state index in [9.17, 15) is 9.59 Å². The number of ether oxygens (including phenoxy) is 2. The zero-order chi connectivity index (χ0) is 19.9. The predicted molar refractivity (Wildman–Crippen MR) is 107 cm³/mol. The normalized spacial score (nSPS) is 14.9. The molecule has 0 unspecified atom stereocenters. The molecule has 0 spiro atoms. The second-order valence-electron chi connectivity index (χ2n) is 6.10. The van der Waals surface area contributed by atoms with Crippen LogP contribution in [0.25, 0.3) is 6.08 Å². The summed E-state index contributed by atoms with van der Waals surface area (Å²) in [7, 11) is 0. The molecule has 6 nitrogen and oxygen atoms in total. The summed E-state index contributed by atoms with van der Waals surface area (Å²) in [6.45, 7) is 6.58. The molecule has 0 radical (unpaired) electrons. The van der Waals surface area contributed by atoms with Crippen LogP contribution < -0.4 is 14.8 Å². The molecule has 3 amide bonds. The average molecular weight is 378 g/mol. The van der Waals surface area contributed by atoms with Gasteiger partial charge in [0.05, 0.1) is 13.2 Å². The number of imide groups is 1. The van der Waals surface area contributed by atoms with Crippen LogP contribution in [0, 0.1) is 0 Å². The summed E-state index contributed by atoms with van der Waals surface area (Å²) in [6.07, 6.45) is 3.28. The molecule has 1 aliphatic rings. The molecule has 1 N–H and O–H groups in total. The van der Waals surface area contributed by atoms with E-state index in [2.05, 4.69) is 11.9 Å². The fourth-order valence-electron chi connectivity index (χ4n) is 2.80. The van der Waals surface area contributed by atoms with Crippen LogP contribution in [0.2, 0.25) is 0 Å². The van der Waals surface area contributed by atoms with Crippen LogP contribution in [0.5, 0.6) is 11.5 Å². The highest BCUT2D eigenvalue weighted by Gasteiger charge is 2.33. The van der Waals surface area contributed by atoms with Crippen molar-refractivity contribution in [2.24, 2.45) is 0 Å². The number of carbonyl (C=O) groups excluding carboxylic acids is 2. The van der Waals surface area contributed by atoms with Crippen molar-refractivity contribution < 1.29 is 19.1 Å². The van der Waals surface area contributed by atoms with Gasteiger partial charge in [-0.25, -0.2) is 4.79 Å². The third kappa shape index (κ3) is 4.40. The lowest BCUT2D eigenvalue weighted by Gasteiger charge is -2.12. The molecule has 0 atom stereocenters. The van der Waals surface area contributed by atoms with E-state index in [0.717, 1.165) is 11.1 Å². The SMILES string of the molecule is C=CCOc1ccc(/C=C2/NC(=O)N(Cc3ccccc3)C2=O)cc1OCC. The van der Waals surface area contributed by atoms with Crippen LogP contribution in [0.4, 0.5) is 4.79 Å². The van der Waals surface area contributed by atoms with Gasteiger partial charge < -0.3 is 14.8 Å². The number of benzene rings is 2. The standard InChI is InChI=1S/C22H22N2O4/c1-3-12-28-19-11-10-17(14-20(19)27-4-2)13-18-21(25)24(22(26)23-18)15-16-8-6-5-7-9-16/h3,5-11,13-14H,1,4,12,15H2,2H3,(H,23,26)/b18-13+. The molecule has 1 heterocycles. The first kappa shape index (κ1) is 19.2. The van der Waals surface area contributed by atoms with Crippen molar-refractivity contribution in [3.05, 3.63) is 78.0 Å². The van der Waals surface area contributed by atoms with Gasteiger partial charge in [0.1, 0.15) is 12.3 Å². The molecule has 2 aromatic rings. The van der Waals surface area contributed by atoms with Crippen molar-refractivity contribution in [1.29, 1.82) is 0 Å². The molecule has 6 heteroatoms.